The van der Waals surface area contributed by atoms with E-state index in [4.69, 9.17) is 62.8 Å². The molecule has 0 radical (unpaired) electrons. The maximum absolute atomic E-state index is 14.0. The summed E-state index contributed by atoms with van der Waals surface area (Å²) in [6, 6.07) is -5.12. The molecule has 50 heavy (non-hydrogen) atoms. The molecule has 19 atom stereocenters. The van der Waals surface area contributed by atoms with Gasteiger partial charge in [-0.05, 0) is 6.42 Å². The van der Waals surface area contributed by atoms with Crippen LogP contribution < -0.4 is 39.7 Å². The quantitative estimate of drug-likeness (QED) is 0.0834. The number of hydrogen-bond donors (Lipinski definition) is 14. The van der Waals surface area contributed by atoms with Gasteiger partial charge in [0.25, 0.3) is 11.8 Å². The lowest BCUT2D eigenvalue weighted by atomic mass is 9.83. The fourth-order valence-electron chi connectivity index (χ4n) is 6.36. The molecule has 292 valence electrons. The molecule has 1 amide bonds. The van der Waals surface area contributed by atoms with E-state index in [2.05, 4.69) is 5.32 Å². The molecule has 20 N–H and O–H groups in total. The summed E-state index contributed by atoms with van der Waals surface area (Å²) in [7, 11) is 0. The topological polar surface area (TPSA) is 382 Å². The Balaban J connectivity index is 1.58. The van der Waals surface area contributed by atoms with E-state index in [-0.39, 0.29) is 25.9 Å². The zero-order chi connectivity index (χ0) is 37.2. The average Bonchev–Trinajstić information content (AvgIpc) is 3.39. The highest BCUT2D eigenvalue weighted by molar-refractivity contribution is 5.82. The first-order valence-corrected chi connectivity index (χ1v) is 16.2. The molecule has 0 aromatic heterocycles. The maximum atomic E-state index is 14.0. The first kappa shape index (κ1) is 41.3. The van der Waals surface area contributed by atoms with Crippen molar-refractivity contribution in [3.8, 4) is 0 Å². The minimum Gasteiger partial charge on any atom is -0.394 e. The SMILES string of the molecule is NCC1CC(O)C(N)C(OC2C(N)CC(NC(=O)C(O)C(F)(F)CN)C(O)C2OC2OC(CO)C(OC3OC(CN)C(O)C(O)C3N)C2O)O1. The van der Waals surface area contributed by atoms with Crippen molar-refractivity contribution in [2.45, 2.75) is 135 Å². The van der Waals surface area contributed by atoms with Crippen LogP contribution in [0, 0.1) is 0 Å². The Morgan fingerprint density at radius 3 is 1.98 bits per heavy atom. The molecule has 0 aromatic rings. The summed E-state index contributed by atoms with van der Waals surface area (Å²) in [5.74, 6) is -5.60. The standard InChI is InChI=1S/C27H51F2N7O14/c28-27(29,6-32)22(43)23(44)36-9-2-8(33)19(48-24-13(34)10(38)1-7(3-30)45-24)21(15(9)39)50-26-18(42)20(12(5-37)47-26)49-25-14(35)17(41)16(40)11(4-31)46-25/h7-22,24-26,37-43H,1-6,30-35H2,(H,36,44). The van der Waals surface area contributed by atoms with Crippen LogP contribution in [0.15, 0.2) is 0 Å². The van der Waals surface area contributed by atoms with Crippen LogP contribution in [0.4, 0.5) is 8.78 Å². The Labute approximate surface area is 285 Å². The first-order chi connectivity index (χ1) is 23.5. The zero-order valence-electron chi connectivity index (χ0n) is 26.9. The minimum absolute atomic E-state index is 0.0186. The van der Waals surface area contributed by atoms with Gasteiger partial charge in [0, 0.05) is 25.6 Å². The number of halogens is 2. The van der Waals surface area contributed by atoms with E-state index in [1.807, 2.05) is 0 Å². The highest BCUT2D eigenvalue weighted by Crippen LogP contribution is 2.35. The third kappa shape index (κ3) is 8.68. The number of aliphatic hydroxyl groups is 7. The second-order valence-electron chi connectivity index (χ2n) is 13.0. The zero-order valence-corrected chi connectivity index (χ0v) is 26.9. The van der Waals surface area contributed by atoms with Gasteiger partial charge in [0.05, 0.1) is 43.5 Å². The van der Waals surface area contributed by atoms with E-state index in [9.17, 15) is 49.3 Å². The van der Waals surface area contributed by atoms with Crippen molar-refractivity contribution < 1.29 is 77.7 Å². The average molecular weight is 736 g/mol. The first-order valence-electron chi connectivity index (χ1n) is 16.2. The van der Waals surface area contributed by atoms with Crippen molar-refractivity contribution in [2.24, 2.45) is 34.4 Å². The van der Waals surface area contributed by atoms with Gasteiger partial charge in [-0.15, -0.1) is 0 Å². The molecule has 3 saturated heterocycles. The van der Waals surface area contributed by atoms with Gasteiger partial charge >= 0.3 is 0 Å². The number of alkyl halides is 2. The number of hydrogen-bond acceptors (Lipinski definition) is 20. The van der Waals surface area contributed by atoms with Gasteiger partial charge in [0.15, 0.2) is 25.0 Å². The minimum atomic E-state index is -4.01. The van der Waals surface area contributed by atoms with E-state index in [0.717, 1.165) is 0 Å². The summed E-state index contributed by atoms with van der Waals surface area (Å²) in [6.07, 6.45) is -23.2. The lowest BCUT2D eigenvalue weighted by Gasteiger charge is -2.47. The van der Waals surface area contributed by atoms with Crippen molar-refractivity contribution in [1.82, 2.24) is 5.32 Å². The van der Waals surface area contributed by atoms with Crippen molar-refractivity contribution in [3.63, 3.8) is 0 Å². The predicted octanol–water partition coefficient (Wildman–Crippen LogP) is -8.75. The predicted molar refractivity (Wildman–Crippen MR) is 161 cm³/mol. The smallest absolute Gasteiger partial charge is 0.294 e. The van der Waals surface area contributed by atoms with Crippen LogP contribution in [-0.2, 0) is 33.2 Å². The van der Waals surface area contributed by atoms with Crippen LogP contribution in [0.1, 0.15) is 12.8 Å². The Morgan fingerprint density at radius 2 is 1.38 bits per heavy atom. The van der Waals surface area contributed by atoms with Crippen LogP contribution in [-0.4, -0.2) is 190 Å². The number of nitrogens with one attached hydrogen (secondary N) is 1. The van der Waals surface area contributed by atoms with Gasteiger partial charge in [-0.25, -0.2) is 8.78 Å². The summed E-state index contributed by atoms with van der Waals surface area (Å²) < 4.78 is 62.8. The molecular formula is C27H51F2N7O14. The molecule has 0 spiro atoms. The van der Waals surface area contributed by atoms with E-state index < -0.39 is 141 Å². The third-order valence-corrected chi connectivity index (χ3v) is 9.45. The summed E-state index contributed by atoms with van der Waals surface area (Å²) in [5.41, 5.74) is 34.8. The Hall–Kier alpha value is -1.43. The van der Waals surface area contributed by atoms with E-state index in [0.29, 0.717) is 0 Å². The largest absolute Gasteiger partial charge is 0.394 e. The molecule has 4 rings (SSSR count). The third-order valence-electron chi connectivity index (χ3n) is 9.45. The lowest BCUT2D eigenvalue weighted by Crippen LogP contribution is -2.68. The van der Waals surface area contributed by atoms with Crippen LogP contribution in [0.25, 0.3) is 0 Å². The summed E-state index contributed by atoms with van der Waals surface area (Å²) in [4.78, 5) is 12.6. The van der Waals surface area contributed by atoms with Crippen LogP contribution in [0.5, 0.6) is 0 Å². The fraction of sp³-hybridized carbons (Fsp3) is 0.963. The van der Waals surface area contributed by atoms with Crippen molar-refractivity contribution >= 4 is 5.91 Å². The second kappa shape index (κ2) is 17.1. The Kier molecular flexibility index (Phi) is 14.2. The monoisotopic (exact) mass is 735 g/mol. The van der Waals surface area contributed by atoms with Crippen molar-refractivity contribution in [3.05, 3.63) is 0 Å². The molecule has 0 bridgehead atoms. The summed E-state index contributed by atoms with van der Waals surface area (Å²) in [5, 5.41) is 75.8. The molecule has 0 aromatic carbocycles. The van der Waals surface area contributed by atoms with Gasteiger partial charge in [-0.2, -0.15) is 0 Å². The Morgan fingerprint density at radius 1 is 0.780 bits per heavy atom. The van der Waals surface area contributed by atoms with Crippen molar-refractivity contribution in [2.75, 3.05) is 26.2 Å². The molecule has 23 heteroatoms. The molecule has 1 saturated carbocycles. The molecule has 19 unspecified atom stereocenters. The number of amides is 1. The van der Waals surface area contributed by atoms with Crippen LogP contribution in [0.2, 0.25) is 0 Å². The van der Waals surface area contributed by atoms with Gasteiger partial charge in [0.2, 0.25) is 0 Å². The maximum Gasteiger partial charge on any atom is 0.294 e. The molecule has 3 aliphatic heterocycles. The second-order valence-corrected chi connectivity index (χ2v) is 13.0. The summed E-state index contributed by atoms with van der Waals surface area (Å²) in [6.45, 7) is -2.38. The Bertz CT molecular complexity index is 1110. The van der Waals surface area contributed by atoms with Crippen LogP contribution >= 0.6 is 0 Å². The van der Waals surface area contributed by atoms with Gasteiger partial charge < -0.3 is 104 Å². The number of aliphatic hydroxyl groups excluding tert-OH is 7. The van der Waals surface area contributed by atoms with E-state index in [1.165, 1.54) is 0 Å². The highest BCUT2D eigenvalue weighted by atomic mass is 19.3. The van der Waals surface area contributed by atoms with E-state index in [1.54, 1.807) is 0 Å². The van der Waals surface area contributed by atoms with Crippen molar-refractivity contribution in [1.29, 1.82) is 0 Å². The molecule has 3 heterocycles. The highest BCUT2D eigenvalue weighted by Gasteiger charge is 2.55. The molecule has 4 fully saturated rings. The van der Waals surface area contributed by atoms with Gasteiger partial charge in [0.1, 0.15) is 54.9 Å². The van der Waals surface area contributed by atoms with Gasteiger partial charge in [-0.3, -0.25) is 4.79 Å². The molecule has 4 aliphatic rings. The van der Waals surface area contributed by atoms with E-state index >= 15 is 0 Å². The van der Waals surface area contributed by atoms with Gasteiger partial charge in [-0.1, -0.05) is 0 Å². The number of nitrogens with two attached hydrogens (primary N) is 6. The number of ether oxygens (including phenoxy) is 6. The fourth-order valence-corrected chi connectivity index (χ4v) is 6.36. The summed E-state index contributed by atoms with van der Waals surface area (Å²) >= 11 is 0. The lowest BCUT2D eigenvalue weighted by molar-refractivity contribution is -0.295. The number of rotatable bonds is 13. The number of carbonyl (C=O) groups excluding carboxylic acids is 1. The molecular weight excluding hydrogens is 684 g/mol. The van der Waals surface area contributed by atoms with Crippen LogP contribution in [0.3, 0.4) is 0 Å². The number of carbonyl (C=O) groups is 1. The normalized spacial score (nSPS) is 46.5. The molecule has 21 nitrogen and oxygen atoms in total. The molecule has 1 aliphatic carbocycles.